The minimum atomic E-state index is 0.00947. The van der Waals surface area contributed by atoms with Crippen molar-refractivity contribution in [2.24, 2.45) is 0 Å². The van der Waals surface area contributed by atoms with E-state index in [0.29, 0.717) is 0 Å². The molecular formula is C22H29NO. The minimum absolute atomic E-state index is 0.00947. The maximum atomic E-state index is 5.91. The van der Waals surface area contributed by atoms with Crippen LogP contribution in [0, 0.1) is 0 Å². The van der Waals surface area contributed by atoms with Gasteiger partial charge < -0.3 is 9.64 Å². The first-order valence-corrected chi connectivity index (χ1v) is 9.17. The fourth-order valence-corrected chi connectivity index (χ4v) is 3.47. The van der Waals surface area contributed by atoms with Gasteiger partial charge in [-0.3, -0.25) is 0 Å². The fourth-order valence-electron chi connectivity index (χ4n) is 3.47. The Morgan fingerprint density at radius 3 is 2.17 bits per heavy atom. The van der Waals surface area contributed by atoms with Crippen molar-refractivity contribution in [3.8, 4) is 5.75 Å². The molecule has 0 saturated carbocycles. The topological polar surface area (TPSA) is 12.5 Å². The molecule has 0 aromatic heterocycles. The molecule has 24 heavy (non-hydrogen) atoms. The van der Waals surface area contributed by atoms with E-state index in [1.807, 2.05) is 0 Å². The molecule has 0 aliphatic carbocycles. The van der Waals surface area contributed by atoms with Crippen LogP contribution >= 0.6 is 0 Å². The van der Waals surface area contributed by atoms with E-state index in [1.165, 1.54) is 43.6 Å². The van der Waals surface area contributed by atoms with E-state index >= 15 is 0 Å². The van der Waals surface area contributed by atoms with E-state index in [0.717, 1.165) is 18.8 Å². The number of hydrogen-bond donors (Lipinski definition) is 0. The van der Waals surface area contributed by atoms with Crippen LogP contribution in [-0.4, -0.2) is 31.1 Å². The van der Waals surface area contributed by atoms with Gasteiger partial charge in [0.1, 0.15) is 5.75 Å². The zero-order valence-corrected chi connectivity index (χ0v) is 15.0. The molecule has 0 spiro atoms. The third-order valence-corrected chi connectivity index (χ3v) is 5.16. The average molecular weight is 323 g/mol. The SMILES string of the molecule is CC(C)(c1ccccc1)c1ccc(OCCCN2CCCC2)cc1. The summed E-state index contributed by atoms with van der Waals surface area (Å²) in [4.78, 5) is 2.54. The largest absolute Gasteiger partial charge is 0.494 e. The number of hydrogen-bond acceptors (Lipinski definition) is 2. The molecule has 1 saturated heterocycles. The maximum Gasteiger partial charge on any atom is 0.119 e. The first-order valence-electron chi connectivity index (χ1n) is 9.17. The van der Waals surface area contributed by atoms with Gasteiger partial charge in [-0.2, -0.15) is 0 Å². The Balaban J connectivity index is 1.53. The van der Waals surface area contributed by atoms with Crippen LogP contribution in [-0.2, 0) is 5.41 Å². The summed E-state index contributed by atoms with van der Waals surface area (Å²) in [5.74, 6) is 0.976. The van der Waals surface area contributed by atoms with Crippen LogP contribution in [0.1, 0.15) is 44.2 Å². The molecule has 1 fully saturated rings. The van der Waals surface area contributed by atoms with Crippen LogP contribution in [0.3, 0.4) is 0 Å². The third-order valence-electron chi connectivity index (χ3n) is 5.16. The lowest BCUT2D eigenvalue weighted by Crippen LogP contribution is -2.22. The first kappa shape index (κ1) is 17.0. The monoisotopic (exact) mass is 323 g/mol. The molecule has 0 amide bonds. The van der Waals surface area contributed by atoms with Crippen LogP contribution in [0.15, 0.2) is 54.6 Å². The molecule has 2 nitrogen and oxygen atoms in total. The Morgan fingerprint density at radius 1 is 0.875 bits per heavy atom. The van der Waals surface area contributed by atoms with Gasteiger partial charge in [-0.15, -0.1) is 0 Å². The summed E-state index contributed by atoms with van der Waals surface area (Å²) < 4.78 is 5.91. The van der Waals surface area contributed by atoms with E-state index in [1.54, 1.807) is 0 Å². The van der Waals surface area contributed by atoms with Gasteiger partial charge in [0, 0.05) is 12.0 Å². The van der Waals surface area contributed by atoms with Gasteiger partial charge in [0.25, 0.3) is 0 Å². The van der Waals surface area contributed by atoms with E-state index in [4.69, 9.17) is 4.74 Å². The molecule has 0 radical (unpaired) electrons. The second kappa shape index (κ2) is 7.85. The molecule has 0 bridgehead atoms. The number of nitrogens with zero attached hydrogens (tertiary/aromatic N) is 1. The van der Waals surface area contributed by atoms with Gasteiger partial charge in [-0.1, -0.05) is 56.3 Å². The molecular weight excluding hydrogens is 294 g/mol. The van der Waals surface area contributed by atoms with Crippen LogP contribution in [0.25, 0.3) is 0 Å². The number of benzene rings is 2. The summed E-state index contributed by atoms with van der Waals surface area (Å²) in [5, 5.41) is 0. The minimum Gasteiger partial charge on any atom is -0.494 e. The lowest BCUT2D eigenvalue weighted by Gasteiger charge is -2.26. The van der Waals surface area contributed by atoms with E-state index in [9.17, 15) is 0 Å². The molecule has 2 aromatic rings. The standard InChI is InChI=1S/C22H29NO/c1-22(2,19-9-4-3-5-10-19)20-11-13-21(14-12-20)24-18-8-17-23-15-6-7-16-23/h3-5,9-14H,6-8,15-18H2,1-2H3. The summed E-state index contributed by atoms with van der Waals surface area (Å²) >= 11 is 0. The van der Waals surface area contributed by atoms with Gasteiger partial charge in [0.2, 0.25) is 0 Å². The Labute approximate surface area is 146 Å². The molecule has 2 aromatic carbocycles. The second-order valence-corrected chi connectivity index (χ2v) is 7.27. The predicted octanol–water partition coefficient (Wildman–Crippen LogP) is 4.88. The summed E-state index contributed by atoms with van der Waals surface area (Å²) in [5.41, 5.74) is 2.66. The summed E-state index contributed by atoms with van der Waals surface area (Å²) in [6.45, 7) is 9.05. The van der Waals surface area contributed by atoms with Crippen molar-refractivity contribution in [1.29, 1.82) is 0 Å². The molecule has 1 aliphatic heterocycles. The van der Waals surface area contributed by atoms with Gasteiger partial charge in [0.05, 0.1) is 6.61 Å². The average Bonchev–Trinajstić information content (AvgIpc) is 3.13. The fraction of sp³-hybridized carbons (Fsp3) is 0.455. The molecule has 0 atom stereocenters. The lowest BCUT2D eigenvalue weighted by atomic mass is 9.78. The van der Waals surface area contributed by atoms with Crippen molar-refractivity contribution < 1.29 is 4.74 Å². The zero-order valence-electron chi connectivity index (χ0n) is 15.0. The Bertz CT molecular complexity index is 612. The third kappa shape index (κ3) is 4.18. The van der Waals surface area contributed by atoms with Crippen molar-refractivity contribution in [3.63, 3.8) is 0 Å². The van der Waals surface area contributed by atoms with Gasteiger partial charge in [-0.25, -0.2) is 0 Å². The highest BCUT2D eigenvalue weighted by Gasteiger charge is 2.22. The van der Waals surface area contributed by atoms with Crippen molar-refractivity contribution in [2.45, 2.75) is 38.5 Å². The predicted molar refractivity (Wildman–Crippen MR) is 101 cm³/mol. The highest BCUT2D eigenvalue weighted by molar-refractivity contribution is 5.39. The number of ether oxygens (including phenoxy) is 1. The van der Waals surface area contributed by atoms with Gasteiger partial charge >= 0.3 is 0 Å². The smallest absolute Gasteiger partial charge is 0.119 e. The van der Waals surface area contributed by atoms with Crippen molar-refractivity contribution in [2.75, 3.05) is 26.2 Å². The van der Waals surface area contributed by atoms with E-state index < -0.39 is 0 Å². The van der Waals surface area contributed by atoms with Crippen LogP contribution < -0.4 is 4.74 Å². The number of rotatable bonds is 7. The maximum absolute atomic E-state index is 5.91. The molecule has 128 valence electrons. The normalized spacial score (nSPS) is 15.6. The van der Waals surface area contributed by atoms with Crippen LogP contribution in [0.4, 0.5) is 0 Å². The molecule has 1 heterocycles. The van der Waals surface area contributed by atoms with E-state index in [-0.39, 0.29) is 5.41 Å². The molecule has 0 N–H and O–H groups in total. The molecule has 3 rings (SSSR count). The van der Waals surface area contributed by atoms with Crippen molar-refractivity contribution in [1.82, 2.24) is 4.90 Å². The highest BCUT2D eigenvalue weighted by Crippen LogP contribution is 2.32. The lowest BCUT2D eigenvalue weighted by molar-refractivity contribution is 0.263. The highest BCUT2D eigenvalue weighted by atomic mass is 16.5. The van der Waals surface area contributed by atoms with E-state index in [2.05, 4.69) is 73.3 Å². The molecule has 2 heteroatoms. The van der Waals surface area contributed by atoms with Crippen molar-refractivity contribution >= 4 is 0 Å². The quantitative estimate of drug-likeness (QED) is 0.674. The van der Waals surface area contributed by atoms with Gasteiger partial charge in [0.15, 0.2) is 0 Å². The first-order chi connectivity index (χ1) is 11.7. The Hall–Kier alpha value is -1.80. The second-order valence-electron chi connectivity index (χ2n) is 7.27. The summed E-state index contributed by atoms with van der Waals surface area (Å²) in [6, 6.07) is 19.3. The Kier molecular flexibility index (Phi) is 5.57. The van der Waals surface area contributed by atoms with Crippen molar-refractivity contribution in [3.05, 3.63) is 65.7 Å². The molecule has 0 unspecified atom stereocenters. The van der Waals surface area contributed by atoms with Crippen LogP contribution in [0.2, 0.25) is 0 Å². The Morgan fingerprint density at radius 2 is 1.50 bits per heavy atom. The zero-order chi connectivity index (χ0) is 16.8. The summed E-state index contributed by atoms with van der Waals surface area (Å²) in [7, 11) is 0. The summed E-state index contributed by atoms with van der Waals surface area (Å²) in [6.07, 6.45) is 3.83. The molecule has 1 aliphatic rings. The number of likely N-dealkylation sites (tertiary alicyclic amines) is 1. The van der Waals surface area contributed by atoms with Gasteiger partial charge in [-0.05, 0) is 55.6 Å². The van der Waals surface area contributed by atoms with Crippen LogP contribution in [0.5, 0.6) is 5.75 Å².